The first-order valence-corrected chi connectivity index (χ1v) is 7.93. The van der Waals surface area contributed by atoms with Crippen LogP contribution in [0.2, 0.25) is 0 Å². The van der Waals surface area contributed by atoms with Gasteiger partial charge in [-0.3, -0.25) is 14.4 Å². The minimum absolute atomic E-state index is 0.0385. The Hall–Kier alpha value is -2.64. The smallest absolute Gasteiger partial charge is 0.306 e. The van der Waals surface area contributed by atoms with Crippen molar-refractivity contribution in [2.75, 3.05) is 33.8 Å². The number of carbonyl (C=O) groups excluding carboxylic acids is 2. The van der Waals surface area contributed by atoms with Crippen LogP contribution in [-0.2, 0) is 9.59 Å². The van der Waals surface area contributed by atoms with Crippen LogP contribution in [-0.4, -0.2) is 66.5 Å². The summed E-state index contributed by atoms with van der Waals surface area (Å²) in [7, 11) is 2.80. The molecule has 1 aromatic rings. The molecule has 0 aliphatic carbocycles. The van der Waals surface area contributed by atoms with Crippen molar-refractivity contribution in [3.05, 3.63) is 29.6 Å². The highest BCUT2D eigenvalue weighted by molar-refractivity contribution is 5.96. The Morgan fingerprint density at radius 2 is 1.96 bits per heavy atom. The van der Waals surface area contributed by atoms with Gasteiger partial charge in [0, 0.05) is 25.7 Å². The van der Waals surface area contributed by atoms with Crippen molar-refractivity contribution < 1.29 is 28.6 Å². The highest BCUT2D eigenvalue weighted by atomic mass is 19.1. The van der Waals surface area contributed by atoms with E-state index >= 15 is 0 Å². The van der Waals surface area contributed by atoms with E-state index in [0.29, 0.717) is 25.9 Å². The van der Waals surface area contributed by atoms with E-state index < -0.39 is 23.6 Å². The Bertz CT molecular complexity index is 671. The molecule has 0 aromatic heterocycles. The van der Waals surface area contributed by atoms with Crippen LogP contribution >= 0.6 is 0 Å². The standard InChI is InChI=1S/C17H21FN2O5/c1-19(16(22)12-3-4-14(25-2)13(18)9-12)10-15(21)20-7-5-11(6-8-20)17(23)24/h3-4,9,11H,5-8,10H2,1-2H3,(H,23,24). The van der Waals surface area contributed by atoms with E-state index in [4.69, 9.17) is 9.84 Å². The second-order valence-electron chi connectivity index (χ2n) is 6.00. The van der Waals surface area contributed by atoms with Crippen molar-refractivity contribution in [1.82, 2.24) is 9.80 Å². The minimum atomic E-state index is -0.846. The number of benzene rings is 1. The molecule has 1 N–H and O–H groups in total. The average Bonchev–Trinajstić information content (AvgIpc) is 2.60. The minimum Gasteiger partial charge on any atom is -0.494 e. The summed E-state index contributed by atoms with van der Waals surface area (Å²) < 4.78 is 18.5. The molecule has 7 nitrogen and oxygen atoms in total. The number of halogens is 1. The van der Waals surface area contributed by atoms with Gasteiger partial charge in [-0.1, -0.05) is 0 Å². The maximum Gasteiger partial charge on any atom is 0.306 e. The van der Waals surface area contributed by atoms with Gasteiger partial charge in [0.05, 0.1) is 19.6 Å². The number of hydrogen-bond acceptors (Lipinski definition) is 4. The maximum atomic E-state index is 13.7. The van der Waals surface area contributed by atoms with E-state index in [9.17, 15) is 18.8 Å². The van der Waals surface area contributed by atoms with Gasteiger partial charge in [0.25, 0.3) is 5.91 Å². The lowest BCUT2D eigenvalue weighted by Gasteiger charge is -2.31. The van der Waals surface area contributed by atoms with Gasteiger partial charge in [-0.25, -0.2) is 4.39 Å². The van der Waals surface area contributed by atoms with Gasteiger partial charge >= 0.3 is 5.97 Å². The number of carboxylic acid groups (broad SMARTS) is 1. The summed E-state index contributed by atoms with van der Waals surface area (Å²) in [4.78, 5) is 38.3. The SMILES string of the molecule is COc1ccc(C(=O)N(C)CC(=O)N2CCC(C(=O)O)CC2)cc1F. The molecule has 1 aliphatic rings. The lowest BCUT2D eigenvalue weighted by Crippen LogP contribution is -2.45. The molecule has 0 bridgehead atoms. The van der Waals surface area contributed by atoms with Gasteiger partial charge < -0.3 is 19.6 Å². The largest absolute Gasteiger partial charge is 0.494 e. The molecule has 2 rings (SSSR count). The average molecular weight is 352 g/mol. The third kappa shape index (κ3) is 4.46. The second-order valence-corrected chi connectivity index (χ2v) is 6.00. The summed E-state index contributed by atoms with van der Waals surface area (Å²) in [5, 5.41) is 8.97. The summed E-state index contributed by atoms with van der Waals surface area (Å²) in [6.45, 7) is 0.564. The first kappa shape index (κ1) is 18.7. The van der Waals surface area contributed by atoms with Crippen molar-refractivity contribution in [2.24, 2.45) is 5.92 Å². The third-order valence-corrected chi connectivity index (χ3v) is 4.31. The summed E-state index contributed by atoms with van der Waals surface area (Å²) >= 11 is 0. The molecule has 1 aliphatic heterocycles. The van der Waals surface area contributed by atoms with E-state index in [-0.39, 0.29) is 23.8 Å². The van der Waals surface area contributed by atoms with Gasteiger partial charge in [0.15, 0.2) is 11.6 Å². The normalized spacial score (nSPS) is 14.9. The molecule has 0 atom stereocenters. The zero-order chi connectivity index (χ0) is 18.6. The van der Waals surface area contributed by atoms with Gasteiger partial charge in [-0.2, -0.15) is 0 Å². The molecule has 0 spiro atoms. The molecule has 1 fully saturated rings. The highest BCUT2D eigenvalue weighted by Gasteiger charge is 2.28. The molecule has 8 heteroatoms. The Morgan fingerprint density at radius 3 is 2.48 bits per heavy atom. The quantitative estimate of drug-likeness (QED) is 0.861. The lowest BCUT2D eigenvalue weighted by molar-refractivity contribution is -0.145. The van der Waals surface area contributed by atoms with Crippen LogP contribution in [0, 0.1) is 11.7 Å². The lowest BCUT2D eigenvalue weighted by atomic mass is 9.97. The fourth-order valence-corrected chi connectivity index (χ4v) is 2.77. The van der Waals surface area contributed by atoms with E-state index in [1.165, 1.54) is 31.2 Å². The molecule has 0 saturated carbocycles. The fraction of sp³-hybridized carbons (Fsp3) is 0.471. The zero-order valence-electron chi connectivity index (χ0n) is 14.2. The van der Waals surface area contributed by atoms with Crippen LogP contribution in [0.4, 0.5) is 4.39 Å². The number of rotatable bonds is 5. The van der Waals surface area contributed by atoms with Gasteiger partial charge in [0.1, 0.15) is 0 Å². The second kappa shape index (κ2) is 7.96. The predicted octanol–water partition coefficient (Wildman–Crippen LogP) is 1.23. The number of piperidine rings is 1. The molecule has 1 aromatic carbocycles. The predicted molar refractivity (Wildman–Crippen MR) is 86.9 cm³/mol. The first-order valence-electron chi connectivity index (χ1n) is 7.93. The van der Waals surface area contributed by atoms with Crippen LogP contribution in [0.15, 0.2) is 18.2 Å². The molecule has 0 radical (unpaired) electrons. The molecule has 25 heavy (non-hydrogen) atoms. The van der Waals surface area contributed by atoms with Gasteiger partial charge in [-0.15, -0.1) is 0 Å². The summed E-state index contributed by atoms with van der Waals surface area (Å²) in [6, 6.07) is 3.86. The number of likely N-dealkylation sites (tertiary alicyclic amines) is 1. The van der Waals surface area contributed by atoms with Crippen molar-refractivity contribution >= 4 is 17.8 Å². The number of hydrogen-bond donors (Lipinski definition) is 1. The molecule has 136 valence electrons. The fourth-order valence-electron chi connectivity index (χ4n) is 2.77. The van der Waals surface area contributed by atoms with Crippen molar-refractivity contribution in [3.63, 3.8) is 0 Å². The summed E-state index contributed by atoms with van der Waals surface area (Å²) in [5.74, 6) is -2.61. The number of ether oxygens (including phenoxy) is 1. The summed E-state index contributed by atoms with van der Waals surface area (Å²) in [6.07, 6.45) is 0.810. The van der Waals surface area contributed by atoms with Crippen LogP contribution in [0.1, 0.15) is 23.2 Å². The summed E-state index contributed by atoms with van der Waals surface area (Å²) in [5.41, 5.74) is 0.123. The molecular formula is C17H21FN2O5. The molecular weight excluding hydrogens is 331 g/mol. The Kier molecular flexibility index (Phi) is 5.95. The molecule has 0 unspecified atom stereocenters. The highest BCUT2D eigenvalue weighted by Crippen LogP contribution is 2.19. The van der Waals surface area contributed by atoms with E-state index in [1.807, 2.05) is 0 Å². The van der Waals surface area contributed by atoms with Crippen molar-refractivity contribution in [3.8, 4) is 5.75 Å². The monoisotopic (exact) mass is 352 g/mol. The van der Waals surface area contributed by atoms with Crippen molar-refractivity contribution in [1.29, 1.82) is 0 Å². The van der Waals surface area contributed by atoms with Gasteiger partial charge in [-0.05, 0) is 31.0 Å². The number of methoxy groups -OCH3 is 1. The number of likely N-dealkylation sites (N-methyl/N-ethyl adjacent to an activating group) is 1. The first-order chi connectivity index (χ1) is 11.8. The Morgan fingerprint density at radius 1 is 1.32 bits per heavy atom. The van der Waals surface area contributed by atoms with Crippen molar-refractivity contribution in [2.45, 2.75) is 12.8 Å². The Balaban J connectivity index is 1.93. The van der Waals surface area contributed by atoms with Crippen LogP contribution in [0.5, 0.6) is 5.75 Å². The number of carboxylic acids is 1. The van der Waals surface area contributed by atoms with Crippen LogP contribution < -0.4 is 4.74 Å². The van der Waals surface area contributed by atoms with E-state index in [0.717, 1.165) is 6.07 Å². The number of amides is 2. The number of nitrogens with zero attached hydrogens (tertiary/aromatic N) is 2. The van der Waals surface area contributed by atoms with E-state index in [2.05, 4.69) is 0 Å². The van der Waals surface area contributed by atoms with Gasteiger partial charge in [0.2, 0.25) is 5.91 Å². The van der Waals surface area contributed by atoms with Crippen LogP contribution in [0.3, 0.4) is 0 Å². The number of carbonyl (C=O) groups is 3. The zero-order valence-corrected chi connectivity index (χ0v) is 14.2. The third-order valence-electron chi connectivity index (χ3n) is 4.31. The van der Waals surface area contributed by atoms with E-state index in [1.54, 1.807) is 4.90 Å². The molecule has 1 saturated heterocycles. The van der Waals surface area contributed by atoms with Crippen LogP contribution in [0.25, 0.3) is 0 Å². The number of aliphatic carboxylic acids is 1. The Labute approximate surface area is 145 Å². The molecule has 2 amide bonds. The molecule has 1 heterocycles. The maximum absolute atomic E-state index is 13.7. The topological polar surface area (TPSA) is 87.2 Å².